The Bertz CT molecular complexity index is 1640. The van der Waals surface area contributed by atoms with Gasteiger partial charge < -0.3 is 25.8 Å². The number of aliphatic hydroxyl groups excluding tert-OH is 1. The van der Waals surface area contributed by atoms with Crippen LogP contribution in [-0.4, -0.2) is 45.7 Å². The second kappa shape index (κ2) is 11.9. The monoisotopic (exact) mass is 613 g/mol. The number of hydrogen-bond acceptors (Lipinski definition) is 7. The summed E-state index contributed by atoms with van der Waals surface area (Å²) >= 11 is 0. The first-order chi connectivity index (χ1) is 20.8. The lowest BCUT2D eigenvalue weighted by molar-refractivity contribution is -0.139. The largest absolute Gasteiger partial charge is 0.416 e. The molecule has 5 rings (SSSR count). The highest BCUT2D eigenvalue weighted by molar-refractivity contribution is 5.93. The van der Waals surface area contributed by atoms with Gasteiger partial charge in [-0.1, -0.05) is 6.08 Å². The molecule has 2 heterocycles. The van der Waals surface area contributed by atoms with E-state index >= 15 is 0 Å². The summed E-state index contributed by atoms with van der Waals surface area (Å²) in [5, 5.41) is 14.1. The van der Waals surface area contributed by atoms with Crippen molar-refractivity contribution in [3.63, 3.8) is 0 Å². The molecule has 12 heteroatoms. The minimum absolute atomic E-state index is 0.0742. The number of nitrogens with zero attached hydrogens (tertiary/aromatic N) is 3. The minimum Gasteiger partial charge on any atom is -0.399 e. The van der Waals surface area contributed by atoms with Crippen molar-refractivity contribution in [3.8, 4) is 0 Å². The van der Waals surface area contributed by atoms with Crippen LogP contribution in [0.15, 0.2) is 47.8 Å². The Balaban J connectivity index is 1.63. The number of aromatic nitrogens is 2. The number of nitrogen functional groups attached to an aromatic ring is 1. The number of ether oxygens (including phenoxy) is 1. The average molecular weight is 614 g/mol. The standard InChI is InChI=1S/C32H38F3N5O4/c1-5-26(20-12-23(32(33,34)35)15-24(36)14-20)37-28-25-16-22(13-21(17-41)27(25)40(18(2)3)30(43)38-28)31(44-4)8-10-39(11-9-31)29(42)19-6-7-19/h5,12-16,18-19,26,41H,1,6-11,17,36H2,2-4H3,(H,37,38,43)/t26-/m1/s1. The number of fused-ring (bicyclic) bond motifs is 1. The molecule has 2 aliphatic rings. The van der Waals surface area contributed by atoms with Crippen LogP contribution in [-0.2, 0) is 27.9 Å². The Labute approximate surface area is 253 Å². The van der Waals surface area contributed by atoms with Gasteiger partial charge in [-0.25, -0.2) is 4.79 Å². The number of halogens is 3. The van der Waals surface area contributed by atoms with Crippen LogP contribution in [0.1, 0.15) is 73.9 Å². The van der Waals surface area contributed by atoms with Crippen molar-refractivity contribution in [2.75, 3.05) is 31.2 Å². The molecule has 4 N–H and O–H groups in total. The number of likely N-dealkylation sites (tertiary alicyclic amines) is 1. The molecule has 0 bridgehead atoms. The van der Waals surface area contributed by atoms with Gasteiger partial charge in [0.05, 0.1) is 29.3 Å². The Kier molecular flexibility index (Phi) is 8.52. The zero-order valence-corrected chi connectivity index (χ0v) is 25.1. The van der Waals surface area contributed by atoms with Gasteiger partial charge in [-0.15, -0.1) is 6.58 Å². The molecule has 44 heavy (non-hydrogen) atoms. The first-order valence-electron chi connectivity index (χ1n) is 14.7. The van der Waals surface area contributed by atoms with Crippen molar-refractivity contribution < 1.29 is 27.8 Å². The molecule has 1 aromatic heterocycles. The van der Waals surface area contributed by atoms with E-state index < -0.39 is 29.1 Å². The Morgan fingerprint density at radius 3 is 2.45 bits per heavy atom. The number of amides is 1. The molecular weight excluding hydrogens is 575 g/mol. The number of anilines is 2. The van der Waals surface area contributed by atoms with Gasteiger partial charge in [0.2, 0.25) is 5.91 Å². The molecular formula is C32H38F3N5O4. The maximum Gasteiger partial charge on any atom is 0.416 e. The van der Waals surface area contributed by atoms with Crippen LogP contribution in [0.3, 0.4) is 0 Å². The third-order valence-corrected chi connectivity index (χ3v) is 8.70. The number of piperidine rings is 1. The number of nitrogens with one attached hydrogen (secondary N) is 1. The van der Waals surface area contributed by atoms with Crippen molar-refractivity contribution >= 4 is 28.3 Å². The van der Waals surface area contributed by atoms with Gasteiger partial charge in [0.25, 0.3) is 0 Å². The Morgan fingerprint density at radius 1 is 1.23 bits per heavy atom. The van der Waals surface area contributed by atoms with Crippen LogP contribution < -0.4 is 16.7 Å². The highest BCUT2D eigenvalue weighted by Gasteiger charge is 2.41. The summed E-state index contributed by atoms with van der Waals surface area (Å²) in [6, 6.07) is 5.72. The van der Waals surface area contributed by atoms with Crippen molar-refractivity contribution in [3.05, 3.63) is 75.7 Å². The molecule has 9 nitrogen and oxygen atoms in total. The van der Waals surface area contributed by atoms with Crippen molar-refractivity contribution in [1.29, 1.82) is 0 Å². The molecule has 1 saturated heterocycles. The second-order valence-electron chi connectivity index (χ2n) is 11.9. The predicted molar refractivity (Wildman–Crippen MR) is 162 cm³/mol. The highest BCUT2D eigenvalue weighted by atomic mass is 19.4. The number of nitrogens with two attached hydrogens (primary N) is 1. The molecule has 2 aromatic carbocycles. The van der Waals surface area contributed by atoms with Gasteiger partial charge in [0, 0.05) is 48.8 Å². The lowest BCUT2D eigenvalue weighted by Gasteiger charge is -2.41. The van der Waals surface area contributed by atoms with Gasteiger partial charge in [-0.3, -0.25) is 9.36 Å². The first kappa shape index (κ1) is 31.5. The van der Waals surface area contributed by atoms with E-state index in [1.54, 1.807) is 7.11 Å². The molecule has 2 fully saturated rings. The summed E-state index contributed by atoms with van der Waals surface area (Å²) in [5.74, 6) is 0.405. The number of benzene rings is 2. The summed E-state index contributed by atoms with van der Waals surface area (Å²) < 4.78 is 48.4. The molecule has 1 aliphatic carbocycles. The van der Waals surface area contributed by atoms with E-state index in [1.165, 1.54) is 16.7 Å². The van der Waals surface area contributed by atoms with Crippen molar-refractivity contribution in [2.45, 2.75) is 70.0 Å². The van der Waals surface area contributed by atoms with E-state index in [0.29, 0.717) is 42.4 Å². The fraction of sp³-hybridized carbons (Fsp3) is 0.469. The number of rotatable bonds is 9. The van der Waals surface area contributed by atoms with Gasteiger partial charge in [0.1, 0.15) is 5.82 Å². The third kappa shape index (κ3) is 5.92. The fourth-order valence-corrected chi connectivity index (χ4v) is 6.17. The number of carbonyl (C=O) groups is 1. The SMILES string of the molecule is C=C[C@@H](Nc1nc(=O)n(C(C)C)c2c(CO)cc(C3(OC)CCN(C(=O)C4CC4)CC3)cc12)c1cc(N)cc(C(F)(F)F)c1. The van der Waals surface area contributed by atoms with Gasteiger partial charge in [0.15, 0.2) is 0 Å². The smallest absolute Gasteiger partial charge is 0.399 e. The van der Waals surface area contributed by atoms with Crippen molar-refractivity contribution in [2.24, 2.45) is 5.92 Å². The number of carbonyl (C=O) groups excluding carboxylic acids is 1. The molecule has 1 amide bonds. The first-order valence-corrected chi connectivity index (χ1v) is 14.7. The molecule has 1 aliphatic heterocycles. The summed E-state index contributed by atoms with van der Waals surface area (Å²) in [7, 11) is 1.61. The number of hydrogen-bond donors (Lipinski definition) is 3. The maximum atomic E-state index is 13.6. The average Bonchev–Trinajstić information content (AvgIpc) is 3.84. The van der Waals surface area contributed by atoms with E-state index in [4.69, 9.17) is 10.5 Å². The Morgan fingerprint density at radius 2 is 1.91 bits per heavy atom. The van der Waals surface area contributed by atoms with Crippen LogP contribution in [0.2, 0.25) is 0 Å². The molecule has 1 saturated carbocycles. The predicted octanol–water partition coefficient (Wildman–Crippen LogP) is 5.28. The van der Waals surface area contributed by atoms with Crippen LogP contribution in [0.25, 0.3) is 10.9 Å². The summed E-state index contributed by atoms with van der Waals surface area (Å²) in [5.41, 5.74) is 5.34. The van der Waals surface area contributed by atoms with Crippen LogP contribution in [0.4, 0.5) is 24.7 Å². The van der Waals surface area contributed by atoms with E-state index in [2.05, 4.69) is 16.9 Å². The van der Waals surface area contributed by atoms with Gasteiger partial charge in [-0.2, -0.15) is 18.2 Å². The van der Waals surface area contributed by atoms with E-state index in [9.17, 15) is 27.9 Å². The lowest BCUT2D eigenvalue weighted by Crippen LogP contribution is -2.46. The summed E-state index contributed by atoms with van der Waals surface area (Å²) in [6.07, 6.45) is -0.301. The maximum absolute atomic E-state index is 13.6. The normalized spacial score (nSPS) is 17.6. The number of aliphatic hydroxyl groups is 1. The van der Waals surface area contributed by atoms with Gasteiger partial charge >= 0.3 is 11.9 Å². The van der Waals surface area contributed by atoms with Crippen molar-refractivity contribution in [1.82, 2.24) is 14.5 Å². The molecule has 1 atom stereocenters. The van der Waals surface area contributed by atoms with E-state index in [1.807, 2.05) is 30.9 Å². The number of alkyl halides is 3. The fourth-order valence-electron chi connectivity index (χ4n) is 6.17. The zero-order chi connectivity index (χ0) is 32.0. The van der Waals surface area contributed by atoms with E-state index in [-0.39, 0.29) is 41.5 Å². The van der Waals surface area contributed by atoms with Crippen LogP contribution >= 0.6 is 0 Å². The van der Waals surface area contributed by atoms with Crippen LogP contribution in [0.5, 0.6) is 0 Å². The highest BCUT2D eigenvalue weighted by Crippen LogP contribution is 2.42. The topological polar surface area (TPSA) is 123 Å². The summed E-state index contributed by atoms with van der Waals surface area (Å²) in [4.78, 5) is 32.3. The second-order valence-corrected chi connectivity index (χ2v) is 11.9. The zero-order valence-electron chi connectivity index (χ0n) is 25.1. The Hall–Kier alpha value is -3.90. The van der Waals surface area contributed by atoms with Gasteiger partial charge in [-0.05, 0) is 81.0 Å². The lowest BCUT2D eigenvalue weighted by atomic mass is 9.82. The quantitative estimate of drug-likeness (QED) is 0.222. The molecule has 0 unspecified atom stereocenters. The third-order valence-electron chi connectivity index (χ3n) is 8.70. The molecule has 0 radical (unpaired) electrons. The summed E-state index contributed by atoms with van der Waals surface area (Å²) in [6.45, 7) is 8.09. The molecule has 3 aromatic rings. The van der Waals surface area contributed by atoms with E-state index in [0.717, 1.165) is 30.5 Å². The number of methoxy groups -OCH3 is 1. The minimum atomic E-state index is -4.61. The molecule has 0 spiro atoms. The molecule has 236 valence electrons. The van der Waals surface area contributed by atoms with Crippen LogP contribution in [0, 0.1) is 5.92 Å².